The van der Waals surface area contributed by atoms with Crippen molar-refractivity contribution in [3.05, 3.63) is 23.8 Å². The number of hydrogen-bond acceptors (Lipinski definition) is 4. The Balaban J connectivity index is 2.55. The normalized spacial score (nSPS) is 10.4. The van der Waals surface area contributed by atoms with Crippen LogP contribution in [0.2, 0.25) is 0 Å². The number of hydrogen-bond donors (Lipinski definition) is 2. The lowest BCUT2D eigenvalue weighted by atomic mass is 10.2. The number of imidazole rings is 1. The number of anilines is 1. The molecule has 3 N–H and O–H groups in total. The van der Waals surface area contributed by atoms with E-state index in [0.717, 1.165) is 0 Å². The predicted molar refractivity (Wildman–Crippen MR) is 47.0 cm³/mol. The highest BCUT2D eigenvalue weighted by atomic mass is 19.3. The van der Waals surface area contributed by atoms with E-state index < -0.39 is 5.97 Å². The summed E-state index contributed by atoms with van der Waals surface area (Å²) in [7, 11) is 0. The predicted octanol–water partition coefficient (Wildman–Crippen LogP) is 1.19. The summed E-state index contributed by atoms with van der Waals surface area (Å²) >= 11 is 0. The molecule has 0 unspecified atom stereocenters. The van der Waals surface area contributed by atoms with E-state index in [1.165, 1.54) is 12.1 Å². The van der Waals surface area contributed by atoms with Crippen LogP contribution in [-0.2, 0) is 4.94 Å². The van der Waals surface area contributed by atoms with Crippen LogP contribution in [0.5, 0.6) is 0 Å². The number of rotatable bonds is 1. The number of H-pyrrole nitrogens is 1. The van der Waals surface area contributed by atoms with Gasteiger partial charge in [0.2, 0.25) is 0 Å². The lowest BCUT2D eigenvalue weighted by Crippen LogP contribution is -1.97. The molecular formula is C8H6FN3O2. The summed E-state index contributed by atoms with van der Waals surface area (Å²) < 4.78 is 11.6. The molecule has 6 heteroatoms. The zero-order valence-corrected chi connectivity index (χ0v) is 6.95. The lowest BCUT2D eigenvalue weighted by molar-refractivity contribution is -0.0787. The van der Waals surface area contributed by atoms with Crippen LogP contribution in [0.25, 0.3) is 11.0 Å². The quantitative estimate of drug-likeness (QED) is 0.716. The van der Waals surface area contributed by atoms with Crippen LogP contribution in [0.1, 0.15) is 10.4 Å². The number of benzene rings is 1. The van der Waals surface area contributed by atoms with Crippen LogP contribution in [0.15, 0.2) is 18.2 Å². The molecule has 1 aromatic carbocycles. The first-order valence-electron chi connectivity index (χ1n) is 3.79. The van der Waals surface area contributed by atoms with Crippen molar-refractivity contribution < 1.29 is 14.3 Å². The van der Waals surface area contributed by atoms with Gasteiger partial charge in [-0.25, -0.2) is 14.7 Å². The number of nitrogens with two attached hydrogens (primary N) is 1. The van der Waals surface area contributed by atoms with Gasteiger partial charge in [-0.15, -0.1) is 0 Å². The number of halogens is 1. The molecule has 0 radical (unpaired) electrons. The average Bonchev–Trinajstić information content (AvgIpc) is 2.55. The largest absolute Gasteiger partial charge is 0.379 e. The summed E-state index contributed by atoms with van der Waals surface area (Å²) in [5.74, 6) is -0.800. The van der Waals surface area contributed by atoms with Gasteiger partial charge in [-0.3, -0.25) is 0 Å². The Labute approximate surface area is 77.6 Å². The Bertz CT molecular complexity index is 494. The Morgan fingerprint density at radius 1 is 1.57 bits per heavy atom. The number of aromatic amines is 1. The summed E-state index contributed by atoms with van der Waals surface area (Å²) in [5, 5.41) is 0. The van der Waals surface area contributed by atoms with E-state index in [1.807, 2.05) is 0 Å². The van der Waals surface area contributed by atoms with E-state index in [9.17, 15) is 9.32 Å². The number of carbonyl (C=O) groups is 1. The van der Waals surface area contributed by atoms with Gasteiger partial charge >= 0.3 is 5.97 Å². The molecule has 0 fully saturated rings. The summed E-state index contributed by atoms with van der Waals surface area (Å²) in [4.78, 5) is 20.5. The van der Waals surface area contributed by atoms with Gasteiger partial charge in [-0.2, -0.15) is 0 Å². The van der Waals surface area contributed by atoms with Gasteiger partial charge in [-0.1, -0.05) is 0 Å². The lowest BCUT2D eigenvalue weighted by Gasteiger charge is -1.93. The zero-order valence-electron chi connectivity index (χ0n) is 6.95. The molecule has 5 nitrogen and oxygen atoms in total. The van der Waals surface area contributed by atoms with Gasteiger partial charge < -0.3 is 10.7 Å². The van der Waals surface area contributed by atoms with Crippen molar-refractivity contribution in [2.24, 2.45) is 0 Å². The van der Waals surface area contributed by atoms with Crippen molar-refractivity contribution >= 4 is 23.0 Å². The monoisotopic (exact) mass is 195 g/mol. The molecule has 0 saturated heterocycles. The van der Waals surface area contributed by atoms with Gasteiger partial charge in [-0.05, 0) is 18.2 Å². The van der Waals surface area contributed by atoms with Crippen LogP contribution in [0.4, 0.5) is 10.5 Å². The van der Waals surface area contributed by atoms with Crippen molar-refractivity contribution in [3.63, 3.8) is 0 Å². The molecule has 0 amide bonds. The van der Waals surface area contributed by atoms with Gasteiger partial charge in [0.25, 0.3) is 0 Å². The molecule has 2 rings (SSSR count). The second-order valence-electron chi connectivity index (χ2n) is 2.72. The van der Waals surface area contributed by atoms with Gasteiger partial charge in [0, 0.05) is 4.53 Å². The van der Waals surface area contributed by atoms with E-state index in [4.69, 9.17) is 5.73 Å². The molecule has 0 bridgehead atoms. The third-order valence-electron chi connectivity index (χ3n) is 1.81. The Kier molecular flexibility index (Phi) is 1.81. The van der Waals surface area contributed by atoms with Crippen LogP contribution in [0, 0.1) is 0 Å². The molecule has 2 aromatic rings. The number of carbonyl (C=O) groups excluding carboxylic acids is 1. The number of nitrogen functional groups attached to an aromatic ring is 1. The van der Waals surface area contributed by atoms with Gasteiger partial charge in [0.1, 0.15) is 0 Å². The van der Waals surface area contributed by atoms with Crippen LogP contribution in [0.3, 0.4) is 0 Å². The van der Waals surface area contributed by atoms with Gasteiger partial charge in [0.05, 0.1) is 16.6 Å². The van der Waals surface area contributed by atoms with Gasteiger partial charge in [0.15, 0.2) is 5.95 Å². The highest BCUT2D eigenvalue weighted by Gasteiger charge is 2.09. The maximum Gasteiger partial charge on any atom is 0.379 e. The van der Waals surface area contributed by atoms with E-state index in [-0.39, 0.29) is 11.5 Å². The first kappa shape index (κ1) is 8.49. The molecule has 0 aliphatic heterocycles. The molecule has 0 spiro atoms. The SMILES string of the molecule is Nc1nc2ccc(C(=O)OF)cc2[nH]1. The van der Waals surface area contributed by atoms with Crippen molar-refractivity contribution in [3.8, 4) is 0 Å². The Hall–Kier alpha value is -2.11. The standard InChI is InChI=1S/C8H6FN3O2/c9-14-7(13)4-1-2-5-6(3-4)12-8(10)11-5/h1-3H,(H3,10,11,12). The fourth-order valence-corrected chi connectivity index (χ4v) is 1.20. The van der Waals surface area contributed by atoms with Crippen molar-refractivity contribution in [1.82, 2.24) is 9.97 Å². The first-order chi connectivity index (χ1) is 6.70. The van der Waals surface area contributed by atoms with Crippen molar-refractivity contribution in [2.75, 3.05) is 5.73 Å². The number of aromatic nitrogens is 2. The summed E-state index contributed by atoms with van der Waals surface area (Å²) in [6, 6.07) is 4.37. The molecule has 0 aliphatic rings. The summed E-state index contributed by atoms with van der Waals surface area (Å²) in [5.41, 5.74) is 6.66. The second kappa shape index (κ2) is 2.99. The smallest absolute Gasteiger partial charge is 0.369 e. The molecular weight excluding hydrogens is 189 g/mol. The van der Waals surface area contributed by atoms with Crippen molar-refractivity contribution in [2.45, 2.75) is 0 Å². The maximum atomic E-state index is 11.6. The highest BCUT2D eigenvalue weighted by Crippen LogP contribution is 2.15. The summed E-state index contributed by atoms with van der Waals surface area (Å²) in [6.45, 7) is 0. The van der Waals surface area contributed by atoms with E-state index in [1.54, 1.807) is 6.07 Å². The molecule has 1 heterocycles. The fraction of sp³-hybridized carbons (Fsp3) is 0. The maximum absolute atomic E-state index is 11.6. The molecule has 0 aliphatic carbocycles. The van der Waals surface area contributed by atoms with E-state index >= 15 is 0 Å². The fourth-order valence-electron chi connectivity index (χ4n) is 1.20. The number of nitrogens with zero attached hydrogens (tertiary/aromatic N) is 1. The van der Waals surface area contributed by atoms with E-state index in [0.29, 0.717) is 11.0 Å². The third kappa shape index (κ3) is 1.26. The second-order valence-corrected chi connectivity index (χ2v) is 2.72. The van der Waals surface area contributed by atoms with Crippen LogP contribution < -0.4 is 5.73 Å². The summed E-state index contributed by atoms with van der Waals surface area (Å²) in [6.07, 6.45) is 0. The zero-order chi connectivity index (χ0) is 10.1. The number of nitrogens with one attached hydrogen (secondary N) is 1. The van der Waals surface area contributed by atoms with Crippen LogP contribution >= 0.6 is 0 Å². The molecule has 72 valence electrons. The van der Waals surface area contributed by atoms with Crippen molar-refractivity contribution in [1.29, 1.82) is 0 Å². The molecule has 0 atom stereocenters. The Morgan fingerprint density at radius 2 is 2.36 bits per heavy atom. The van der Waals surface area contributed by atoms with Crippen LogP contribution in [-0.4, -0.2) is 15.9 Å². The minimum Gasteiger partial charge on any atom is -0.369 e. The number of fused-ring (bicyclic) bond motifs is 1. The average molecular weight is 195 g/mol. The third-order valence-corrected chi connectivity index (χ3v) is 1.81. The molecule has 0 saturated carbocycles. The highest BCUT2D eigenvalue weighted by molar-refractivity contribution is 5.93. The molecule has 14 heavy (non-hydrogen) atoms. The molecule has 1 aromatic heterocycles. The minimum absolute atomic E-state index is 0.101. The first-order valence-corrected chi connectivity index (χ1v) is 3.79. The minimum atomic E-state index is -1.04. The topological polar surface area (TPSA) is 81.0 Å². The Morgan fingerprint density at radius 3 is 3.07 bits per heavy atom. The van der Waals surface area contributed by atoms with E-state index in [2.05, 4.69) is 14.9 Å².